The van der Waals surface area contributed by atoms with E-state index >= 15 is 0 Å². The van der Waals surface area contributed by atoms with Gasteiger partial charge in [-0.25, -0.2) is 0 Å². The maximum Gasteiger partial charge on any atom is 0.138 e. The summed E-state index contributed by atoms with van der Waals surface area (Å²) in [6, 6.07) is 4.92. The van der Waals surface area contributed by atoms with Crippen molar-refractivity contribution in [2.45, 2.75) is 0 Å². The van der Waals surface area contributed by atoms with Gasteiger partial charge in [-0.05, 0) is 6.07 Å². The van der Waals surface area contributed by atoms with Gasteiger partial charge >= 0.3 is 0 Å². The molecule has 0 amide bonds. The highest BCUT2D eigenvalue weighted by Gasteiger charge is 2.06. The van der Waals surface area contributed by atoms with E-state index in [2.05, 4.69) is 0 Å². The molecule has 0 saturated carbocycles. The minimum atomic E-state index is 0.336. The predicted octanol–water partition coefficient (Wildman–Crippen LogP) is 2.87. The molecule has 0 unspecified atom stereocenters. The van der Waals surface area contributed by atoms with E-state index in [0.29, 0.717) is 21.4 Å². The van der Waals surface area contributed by atoms with E-state index in [4.69, 9.17) is 33.2 Å². The monoisotopic (exact) mass is 201 g/mol. The van der Waals surface area contributed by atoms with E-state index in [1.54, 1.807) is 0 Å². The second kappa shape index (κ2) is 3.66. The topological polar surface area (TPSA) is 33.0 Å². The van der Waals surface area contributed by atoms with Crippen molar-refractivity contribution in [1.29, 1.82) is 5.26 Å². The van der Waals surface area contributed by atoms with Crippen LogP contribution in [0.1, 0.15) is 5.56 Å². The molecule has 0 aromatic heterocycles. The highest BCUT2D eigenvalue weighted by molar-refractivity contribution is 6.36. The second-order valence-electron chi connectivity index (χ2n) is 2.08. The van der Waals surface area contributed by atoms with Crippen LogP contribution in [0.5, 0.6) is 5.75 Å². The minimum Gasteiger partial charge on any atom is -0.495 e. The van der Waals surface area contributed by atoms with Gasteiger partial charge in [0.15, 0.2) is 0 Å². The fraction of sp³-hybridized carbons (Fsp3) is 0.125. The largest absolute Gasteiger partial charge is 0.495 e. The fourth-order valence-electron chi connectivity index (χ4n) is 0.771. The molecule has 2 nitrogen and oxygen atoms in total. The standard InChI is InChI=1S/C8H5Cl2NO/c1-12-8-2-5(4-11)6(9)3-7(8)10/h2-3H,1H3. The summed E-state index contributed by atoms with van der Waals surface area (Å²) in [6.07, 6.45) is 0. The number of methoxy groups -OCH3 is 1. The van der Waals surface area contributed by atoms with Gasteiger partial charge in [0.05, 0.1) is 22.7 Å². The molecule has 62 valence electrons. The first kappa shape index (κ1) is 9.18. The minimum absolute atomic E-state index is 0.336. The number of rotatable bonds is 1. The average molecular weight is 202 g/mol. The molecule has 4 heteroatoms. The first-order valence-electron chi connectivity index (χ1n) is 3.12. The molecular weight excluding hydrogens is 197 g/mol. The predicted molar refractivity (Wildman–Crippen MR) is 47.7 cm³/mol. The summed E-state index contributed by atoms with van der Waals surface area (Å²) in [5.74, 6) is 0.456. The van der Waals surface area contributed by atoms with Gasteiger partial charge in [0.2, 0.25) is 0 Å². The van der Waals surface area contributed by atoms with Gasteiger partial charge in [-0.3, -0.25) is 0 Å². The zero-order valence-electron chi connectivity index (χ0n) is 6.27. The van der Waals surface area contributed by atoms with Crippen molar-refractivity contribution in [2.24, 2.45) is 0 Å². The average Bonchev–Trinajstić information content (AvgIpc) is 2.05. The van der Waals surface area contributed by atoms with Gasteiger partial charge in [0, 0.05) is 6.07 Å². The van der Waals surface area contributed by atoms with E-state index in [-0.39, 0.29) is 0 Å². The quantitative estimate of drug-likeness (QED) is 0.701. The number of nitriles is 1. The highest BCUT2D eigenvalue weighted by Crippen LogP contribution is 2.30. The normalized spacial score (nSPS) is 9.17. The van der Waals surface area contributed by atoms with Crippen LogP contribution >= 0.6 is 23.2 Å². The first-order valence-corrected chi connectivity index (χ1v) is 3.87. The van der Waals surface area contributed by atoms with Crippen LogP contribution in [0.2, 0.25) is 10.0 Å². The Hall–Kier alpha value is -0.910. The highest BCUT2D eigenvalue weighted by atomic mass is 35.5. The smallest absolute Gasteiger partial charge is 0.138 e. The maximum atomic E-state index is 8.60. The molecular formula is C8H5Cl2NO. The Labute approximate surface area is 80.3 Å². The summed E-state index contributed by atoms with van der Waals surface area (Å²) < 4.78 is 4.90. The van der Waals surface area contributed by atoms with E-state index in [0.717, 1.165) is 0 Å². The summed E-state index contributed by atoms with van der Waals surface area (Å²) in [4.78, 5) is 0. The Balaban J connectivity index is 3.30. The third-order valence-corrected chi connectivity index (χ3v) is 1.97. The first-order chi connectivity index (χ1) is 5.69. The Bertz CT molecular complexity index is 344. The number of hydrogen-bond acceptors (Lipinski definition) is 2. The molecule has 0 spiro atoms. The molecule has 0 aliphatic heterocycles. The van der Waals surface area contributed by atoms with Crippen molar-refractivity contribution >= 4 is 23.2 Å². The molecule has 0 radical (unpaired) electrons. The fourth-order valence-corrected chi connectivity index (χ4v) is 1.27. The number of nitrogens with zero attached hydrogens (tertiary/aromatic N) is 1. The van der Waals surface area contributed by atoms with E-state index < -0.39 is 0 Å². The number of ether oxygens (including phenoxy) is 1. The Morgan fingerprint density at radius 1 is 1.33 bits per heavy atom. The van der Waals surface area contributed by atoms with Crippen molar-refractivity contribution < 1.29 is 4.74 Å². The van der Waals surface area contributed by atoms with Crippen molar-refractivity contribution in [3.8, 4) is 11.8 Å². The third kappa shape index (κ3) is 1.63. The molecule has 0 N–H and O–H groups in total. The van der Waals surface area contributed by atoms with Crippen LogP contribution in [-0.2, 0) is 0 Å². The number of benzene rings is 1. The third-order valence-electron chi connectivity index (χ3n) is 1.36. The summed E-state index contributed by atoms with van der Waals surface area (Å²) >= 11 is 11.4. The molecule has 0 aliphatic rings. The lowest BCUT2D eigenvalue weighted by Gasteiger charge is -2.03. The van der Waals surface area contributed by atoms with E-state index in [1.165, 1.54) is 19.2 Å². The zero-order chi connectivity index (χ0) is 9.14. The molecule has 0 fully saturated rings. The van der Waals surface area contributed by atoms with Gasteiger partial charge in [0.1, 0.15) is 11.8 Å². The van der Waals surface area contributed by atoms with Gasteiger partial charge in [0.25, 0.3) is 0 Å². The Morgan fingerprint density at radius 2 is 2.00 bits per heavy atom. The molecule has 1 aromatic rings. The molecule has 12 heavy (non-hydrogen) atoms. The Kier molecular flexibility index (Phi) is 2.80. The molecule has 1 rings (SSSR count). The second-order valence-corrected chi connectivity index (χ2v) is 2.89. The molecule has 0 bridgehead atoms. The summed E-state index contributed by atoms with van der Waals surface area (Å²) in [5, 5.41) is 9.34. The van der Waals surface area contributed by atoms with Crippen LogP contribution < -0.4 is 4.74 Å². The SMILES string of the molecule is COc1cc(C#N)c(Cl)cc1Cl. The number of hydrogen-bond donors (Lipinski definition) is 0. The number of halogens is 2. The van der Waals surface area contributed by atoms with Crippen molar-refractivity contribution in [1.82, 2.24) is 0 Å². The molecule has 0 saturated heterocycles. The van der Waals surface area contributed by atoms with Crippen LogP contribution in [-0.4, -0.2) is 7.11 Å². The van der Waals surface area contributed by atoms with Crippen LogP contribution in [0.4, 0.5) is 0 Å². The van der Waals surface area contributed by atoms with Gasteiger partial charge in [-0.1, -0.05) is 23.2 Å². The lowest BCUT2D eigenvalue weighted by atomic mass is 10.2. The van der Waals surface area contributed by atoms with Gasteiger partial charge in [-0.2, -0.15) is 5.26 Å². The van der Waals surface area contributed by atoms with Crippen LogP contribution in [0, 0.1) is 11.3 Å². The van der Waals surface area contributed by atoms with E-state index in [1.807, 2.05) is 6.07 Å². The summed E-state index contributed by atoms with van der Waals surface area (Å²) in [6.45, 7) is 0. The van der Waals surface area contributed by atoms with Crippen LogP contribution in [0.25, 0.3) is 0 Å². The van der Waals surface area contributed by atoms with Gasteiger partial charge < -0.3 is 4.74 Å². The molecule has 0 heterocycles. The van der Waals surface area contributed by atoms with Crippen LogP contribution in [0.3, 0.4) is 0 Å². The zero-order valence-corrected chi connectivity index (χ0v) is 7.78. The van der Waals surface area contributed by atoms with Crippen molar-refractivity contribution in [3.05, 3.63) is 27.7 Å². The van der Waals surface area contributed by atoms with Gasteiger partial charge in [-0.15, -0.1) is 0 Å². The summed E-state index contributed by atoms with van der Waals surface area (Å²) in [7, 11) is 1.48. The lowest BCUT2D eigenvalue weighted by molar-refractivity contribution is 0.415. The van der Waals surface area contributed by atoms with Crippen LogP contribution in [0.15, 0.2) is 12.1 Å². The molecule has 1 aromatic carbocycles. The molecule has 0 atom stereocenters. The summed E-state index contributed by atoms with van der Waals surface area (Å²) in [5.41, 5.74) is 0.359. The van der Waals surface area contributed by atoms with E-state index in [9.17, 15) is 0 Å². The molecule has 0 aliphatic carbocycles. The van der Waals surface area contributed by atoms with Crippen molar-refractivity contribution in [2.75, 3.05) is 7.11 Å². The maximum absolute atomic E-state index is 8.60. The lowest BCUT2D eigenvalue weighted by Crippen LogP contribution is -1.86. The van der Waals surface area contributed by atoms with Crippen molar-refractivity contribution in [3.63, 3.8) is 0 Å². The Morgan fingerprint density at radius 3 is 2.50 bits per heavy atom.